The molecule has 2 aromatic rings. The molecule has 130 valence electrons. The molecule has 2 unspecified atom stereocenters. The molecule has 1 N–H and O–H groups in total. The molecule has 0 radical (unpaired) electrons. The summed E-state index contributed by atoms with van der Waals surface area (Å²) in [6.45, 7) is 3.41. The molecule has 1 aromatic heterocycles. The van der Waals surface area contributed by atoms with Gasteiger partial charge in [-0.1, -0.05) is 23.7 Å². The Labute approximate surface area is 149 Å². The number of hydrogen-bond donors (Lipinski definition) is 1. The first kappa shape index (κ1) is 17.2. The van der Waals surface area contributed by atoms with Crippen molar-refractivity contribution in [3.05, 3.63) is 62.8 Å². The molecular weight excluding hydrogens is 346 g/mol. The van der Waals surface area contributed by atoms with Gasteiger partial charge in [-0.05, 0) is 37.6 Å². The van der Waals surface area contributed by atoms with Crippen LogP contribution in [0.4, 0.5) is 11.5 Å². The fourth-order valence-corrected chi connectivity index (χ4v) is 3.15. The van der Waals surface area contributed by atoms with Crippen molar-refractivity contribution in [3.8, 4) is 0 Å². The molecule has 1 saturated heterocycles. The van der Waals surface area contributed by atoms with E-state index in [2.05, 4.69) is 10.3 Å². The second kappa shape index (κ2) is 6.33. The topological polar surface area (TPSA) is 94.4 Å². The first-order valence-corrected chi connectivity index (χ1v) is 8.03. The number of nitrogens with zero attached hydrogens (tertiary/aromatic N) is 2. The lowest BCUT2D eigenvalue weighted by atomic mass is 9.91. The number of carbonyl (C=O) groups is 1. The van der Waals surface area contributed by atoms with Gasteiger partial charge in [0, 0.05) is 23.2 Å². The number of aryl methyl sites for hydroxylation is 1. The Morgan fingerprint density at radius 2 is 2.20 bits per heavy atom. The summed E-state index contributed by atoms with van der Waals surface area (Å²) in [4.78, 5) is 27.1. The van der Waals surface area contributed by atoms with E-state index in [9.17, 15) is 14.9 Å². The number of carbonyl (C=O) groups excluding carboxylic acids is 1. The van der Waals surface area contributed by atoms with Crippen molar-refractivity contribution < 1.29 is 14.5 Å². The third-order valence-electron chi connectivity index (χ3n) is 4.26. The van der Waals surface area contributed by atoms with Crippen LogP contribution in [0.2, 0.25) is 5.02 Å². The molecule has 7 nitrogen and oxygen atoms in total. The van der Waals surface area contributed by atoms with Gasteiger partial charge in [0.05, 0.1) is 4.92 Å². The molecule has 8 heteroatoms. The molecule has 0 amide bonds. The van der Waals surface area contributed by atoms with E-state index in [0.717, 1.165) is 5.56 Å². The van der Waals surface area contributed by atoms with E-state index in [-0.39, 0.29) is 11.5 Å². The van der Waals surface area contributed by atoms with Crippen molar-refractivity contribution in [2.24, 2.45) is 0 Å². The Bertz CT molecular complexity index is 858. The zero-order valence-corrected chi connectivity index (χ0v) is 14.4. The predicted molar refractivity (Wildman–Crippen MR) is 92.6 cm³/mol. The summed E-state index contributed by atoms with van der Waals surface area (Å²) in [6, 6.07) is 7.90. The lowest BCUT2D eigenvalue weighted by molar-refractivity contribution is -0.384. The van der Waals surface area contributed by atoms with E-state index in [1.54, 1.807) is 38.1 Å². The van der Waals surface area contributed by atoms with Crippen molar-refractivity contribution in [1.82, 2.24) is 4.98 Å². The second-order valence-corrected chi connectivity index (χ2v) is 6.58. The number of aromatic nitrogens is 1. The predicted octanol–water partition coefficient (Wildman–Crippen LogP) is 3.59. The van der Waals surface area contributed by atoms with Gasteiger partial charge in [-0.2, -0.15) is 0 Å². The van der Waals surface area contributed by atoms with Gasteiger partial charge in [0.15, 0.2) is 0 Å². The number of halogens is 1. The highest BCUT2D eigenvalue weighted by atomic mass is 35.5. The molecule has 0 bridgehead atoms. The van der Waals surface area contributed by atoms with E-state index in [1.807, 2.05) is 6.07 Å². The van der Waals surface area contributed by atoms with Gasteiger partial charge >= 0.3 is 11.7 Å². The van der Waals surface area contributed by atoms with E-state index in [1.165, 1.54) is 6.20 Å². The Balaban J connectivity index is 1.88. The Kier molecular flexibility index (Phi) is 4.34. The van der Waals surface area contributed by atoms with Crippen molar-refractivity contribution in [2.75, 3.05) is 5.32 Å². The van der Waals surface area contributed by atoms with Crippen LogP contribution >= 0.6 is 11.6 Å². The molecule has 3 rings (SSSR count). The standard InChI is InChI=1S/C17H16ClN3O4/c1-10-6-7-19-15(14(10)21(23)24)20-13-9-17(2,25-16(13)22)11-4-3-5-12(18)8-11/h3-8,13H,9H2,1-2H3,(H,19,20). The monoisotopic (exact) mass is 361 g/mol. The van der Waals surface area contributed by atoms with Crippen LogP contribution in [0, 0.1) is 17.0 Å². The minimum absolute atomic E-state index is 0.0577. The van der Waals surface area contributed by atoms with Gasteiger partial charge < -0.3 is 10.1 Å². The maximum Gasteiger partial charge on any atom is 0.329 e. The van der Waals surface area contributed by atoms with E-state index < -0.39 is 22.5 Å². The number of benzene rings is 1. The van der Waals surface area contributed by atoms with Crippen LogP contribution in [-0.4, -0.2) is 21.9 Å². The maximum atomic E-state index is 12.3. The average Bonchev–Trinajstić information content (AvgIpc) is 2.82. The smallest absolute Gasteiger partial charge is 0.329 e. The van der Waals surface area contributed by atoms with Crippen molar-refractivity contribution >= 4 is 29.1 Å². The second-order valence-electron chi connectivity index (χ2n) is 6.15. The minimum Gasteiger partial charge on any atom is -0.453 e. The summed E-state index contributed by atoms with van der Waals surface area (Å²) in [5.41, 5.74) is 0.223. The van der Waals surface area contributed by atoms with Gasteiger partial charge in [0.1, 0.15) is 11.6 Å². The summed E-state index contributed by atoms with van der Waals surface area (Å²) in [7, 11) is 0. The largest absolute Gasteiger partial charge is 0.453 e. The van der Waals surface area contributed by atoms with Crippen LogP contribution in [-0.2, 0) is 15.1 Å². The minimum atomic E-state index is -0.863. The van der Waals surface area contributed by atoms with Crippen LogP contribution in [0.1, 0.15) is 24.5 Å². The normalized spacial score (nSPS) is 22.5. The molecule has 1 aliphatic rings. The third kappa shape index (κ3) is 3.28. The average molecular weight is 362 g/mol. The first-order valence-electron chi connectivity index (χ1n) is 7.65. The number of anilines is 1. The van der Waals surface area contributed by atoms with Crippen LogP contribution in [0.3, 0.4) is 0 Å². The zero-order valence-electron chi connectivity index (χ0n) is 13.7. The lowest BCUT2D eigenvalue weighted by Crippen LogP contribution is -2.26. The summed E-state index contributed by atoms with van der Waals surface area (Å²) in [5.74, 6) is -0.428. The van der Waals surface area contributed by atoms with Gasteiger partial charge in [-0.15, -0.1) is 0 Å². The Hall–Kier alpha value is -2.67. The third-order valence-corrected chi connectivity index (χ3v) is 4.49. The van der Waals surface area contributed by atoms with E-state index >= 15 is 0 Å². The van der Waals surface area contributed by atoms with Crippen LogP contribution in [0.15, 0.2) is 36.5 Å². The maximum absolute atomic E-state index is 12.3. The number of hydrogen-bond acceptors (Lipinski definition) is 6. The van der Waals surface area contributed by atoms with Gasteiger partial charge in [0.2, 0.25) is 5.82 Å². The number of nitrogens with one attached hydrogen (secondary N) is 1. The number of cyclic esters (lactones) is 1. The summed E-state index contributed by atoms with van der Waals surface area (Å²) in [5, 5.41) is 14.7. The van der Waals surface area contributed by atoms with E-state index in [4.69, 9.17) is 16.3 Å². The fourth-order valence-electron chi connectivity index (χ4n) is 2.96. The highest BCUT2D eigenvalue weighted by molar-refractivity contribution is 6.30. The summed E-state index contributed by atoms with van der Waals surface area (Å²) in [6.07, 6.45) is 1.76. The molecule has 2 heterocycles. The zero-order chi connectivity index (χ0) is 18.2. The molecule has 1 aromatic carbocycles. The quantitative estimate of drug-likeness (QED) is 0.508. The van der Waals surface area contributed by atoms with Crippen molar-refractivity contribution in [2.45, 2.75) is 31.9 Å². The van der Waals surface area contributed by atoms with Crippen LogP contribution < -0.4 is 5.32 Å². The van der Waals surface area contributed by atoms with Crippen molar-refractivity contribution in [3.63, 3.8) is 0 Å². The highest BCUT2D eigenvalue weighted by Gasteiger charge is 2.45. The molecule has 2 atom stereocenters. The van der Waals surface area contributed by atoms with Crippen molar-refractivity contribution in [1.29, 1.82) is 0 Å². The number of nitro groups is 1. The molecule has 1 aliphatic heterocycles. The molecule has 1 fully saturated rings. The first-order chi connectivity index (χ1) is 11.8. The summed E-state index contributed by atoms with van der Waals surface area (Å²) < 4.78 is 5.55. The van der Waals surface area contributed by atoms with Gasteiger partial charge in [0.25, 0.3) is 0 Å². The fraction of sp³-hybridized carbons (Fsp3) is 0.294. The SMILES string of the molecule is Cc1ccnc(NC2CC(C)(c3cccc(Cl)c3)OC2=O)c1[N+](=O)[O-]. The Morgan fingerprint density at radius 1 is 1.44 bits per heavy atom. The molecular formula is C17H16ClN3O4. The summed E-state index contributed by atoms with van der Waals surface area (Å²) >= 11 is 6.02. The highest BCUT2D eigenvalue weighted by Crippen LogP contribution is 2.39. The molecule has 0 spiro atoms. The number of esters is 1. The van der Waals surface area contributed by atoms with Crippen LogP contribution in [0.5, 0.6) is 0 Å². The molecule has 0 aliphatic carbocycles. The Morgan fingerprint density at radius 3 is 2.88 bits per heavy atom. The lowest BCUT2D eigenvalue weighted by Gasteiger charge is -2.23. The van der Waals surface area contributed by atoms with Crippen LogP contribution in [0.25, 0.3) is 0 Å². The van der Waals surface area contributed by atoms with Gasteiger partial charge in [-0.25, -0.2) is 9.78 Å². The number of ether oxygens (including phenoxy) is 1. The molecule has 0 saturated carbocycles. The molecule has 25 heavy (non-hydrogen) atoms. The van der Waals surface area contributed by atoms with Gasteiger partial charge in [-0.3, -0.25) is 10.1 Å². The number of rotatable bonds is 4. The van der Waals surface area contributed by atoms with E-state index in [0.29, 0.717) is 17.0 Å². The number of pyridine rings is 1.